The number of unbranched alkanes of at least 4 members (excludes halogenated alkanes) is 3. The lowest BCUT2D eigenvalue weighted by Gasteiger charge is -2.23. The first-order valence-corrected chi connectivity index (χ1v) is 11.3. The van der Waals surface area contributed by atoms with Gasteiger partial charge in [0.1, 0.15) is 0 Å². The lowest BCUT2D eigenvalue weighted by Crippen LogP contribution is -2.18. The molecule has 162 valence electrons. The number of hydrogen-bond acceptors (Lipinski definition) is 3. The first-order chi connectivity index (χ1) is 13.9. The highest BCUT2D eigenvalue weighted by molar-refractivity contribution is 6.21. The predicted molar refractivity (Wildman–Crippen MR) is 117 cm³/mol. The van der Waals surface area contributed by atoms with E-state index in [0.29, 0.717) is 12.8 Å². The second kappa shape index (κ2) is 12.4. The molecule has 0 amide bonds. The van der Waals surface area contributed by atoms with Crippen molar-refractivity contribution in [2.75, 3.05) is 0 Å². The molecule has 29 heavy (non-hydrogen) atoms. The van der Waals surface area contributed by atoms with Gasteiger partial charge >= 0.3 is 5.97 Å². The van der Waals surface area contributed by atoms with Crippen LogP contribution in [0.2, 0.25) is 0 Å². The summed E-state index contributed by atoms with van der Waals surface area (Å²) in [5.74, 6) is -0.646. The topological polar surface area (TPSA) is 77.8 Å². The molecule has 0 bridgehead atoms. The minimum atomic E-state index is -0.767. The normalized spacial score (nSPS) is 25.5. The van der Waals surface area contributed by atoms with E-state index in [2.05, 4.69) is 13.0 Å². The van der Waals surface area contributed by atoms with E-state index in [9.17, 15) is 15.0 Å². The van der Waals surface area contributed by atoms with Gasteiger partial charge in [0.15, 0.2) is 0 Å². The Bertz CT molecular complexity index is 643. The van der Waals surface area contributed by atoms with Crippen molar-refractivity contribution in [3.05, 3.63) is 47.5 Å². The number of rotatable bonds is 12. The van der Waals surface area contributed by atoms with Crippen LogP contribution in [0.5, 0.6) is 0 Å². The number of aliphatic carboxylic acids is 1. The van der Waals surface area contributed by atoms with Crippen molar-refractivity contribution < 1.29 is 20.1 Å². The Morgan fingerprint density at radius 3 is 2.59 bits per heavy atom. The maximum Gasteiger partial charge on any atom is 0.303 e. The van der Waals surface area contributed by atoms with E-state index >= 15 is 0 Å². The van der Waals surface area contributed by atoms with E-state index in [4.69, 9.17) is 16.7 Å². The standard InChI is InChI=1S/C24H35ClO4/c1-2-3-6-10-21(26)17-12-14-18(15-13-17)24-19(20(25)16-22(24)27)9-7-4-5-8-11-23(28)29/h4,7,12-15,19-22,24,26-27H,2-3,5-6,8-11,16H2,1H3,(H,28,29)/b7-4-/t19-,20-,21?,22+,24+/m0/s1. The Morgan fingerprint density at radius 1 is 1.21 bits per heavy atom. The summed E-state index contributed by atoms with van der Waals surface area (Å²) in [6.07, 6.45) is 10.2. The fourth-order valence-corrected chi connectivity index (χ4v) is 4.71. The molecule has 0 aromatic heterocycles. The van der Waals surface area contributed by atoms with E-state index in [1.54, 1.807) is 0 Å². The van der Waals surface area contributed by atoms with E-state index in [0.717, 1.165) is 49.7 Å². The van der Waals surface area contributed by atoms with Crippen LogP contribution in [0, 0.1) is 5.92 Å². The molecule has 1 aliphatic carbocycles. The molecule has 1 saturated carbocycles. The van der Waals surface area contributed by atoms with Crippen LogP contribution in [0.1, 0.15) is 87.9 Å². The zero-order valence-electron chi connectivity index (χ0n) is 17.3. The molecule has 1 aromatic rings. The van der Waals surface area contributed by atoms with Gasteiger partial charge in [-0.2, -0.15) is 0 Å². The van der Waals surface area contributed by atoms with Crippen LogP contribution in [0.3, 0.4) is 0 Å². The zero-order valence-corrected chi connectivity index (χ0v) is 18.1. The molecule has 1 fully saturated rings. The van der Waals surface area contributed by atoms with Gasteiger partial charge in [0, 0.05) is 17.7 Å². The van der Waals surface area contributed by atoms with Gasteiger partial charge in [-0.3, -0.25) is 4.79 Å². The first-order valence-electron chi connectivity index (χ1n) is 10.9. The molecule has 5 heteroatoms. The molecule has 5 atom stereocenters. The Kier molecular flexibility index (Phi) is 10.2. The predicted octanol–water partition coefficient (Wildman–Crippen LogP) is 5.57. The van der Waals surface area contributed by atoms with Crippen molar-refractivity contribution in [2.45, 2.75) is 88.2 Å². The highest BCUT2D eigenvalue weighted by Gasteiger charge is 2.41. The quantitative estimate of drug-likeness (QED) is 0.233. The van der Waals surface area contributed by atoms with Gasteiger partial charge in [-0.05, 0) is 49.1 Å². The summed E-state index contributed by atoms with van der Waals surface area (Å²) in [7, 11) is 0. The van der Waals surface area contributed by atoms with E-state index in [1.807, 2.05) is 30.3 Å². The summed E-state index contributed by atoms with van der Waals surface area (Å²) in [5, 5.41) is 29.5. The van der Waals surface area contributed by atoms with Crippen LogP contribution in [0.15, 0.2) is 36.4 Å². The number of carboxylic acid groups (broad SMARTS) is 1. The Balaban J connectivity index is 1.96. The fraction of sp³-hybridized carbons (Fsp3) is 0.625. The van der Waals surface area contributed by atoms with Crippen molar-refractivity contribution in [1.29, 1.82) is 0 Å². The maximum absolute atomic E-state index is 10.6. The highest BCUT2D eigenvalue weighted by atomic mass is 35.5. The molecule has 2 rings (SSSR count). The Labute approximate surface area is 179 Å². The minimum Gasteiger partial charge on any atom is -0.481 e. The Morgan fingerprint density at radius 2 is 1.93 bits per heavy atom. The number of hydrogen-bond donors (Lipinski definition) is 3. The molecule has 4 nitrogen and oxygen atoms in total. The molecular formula is C24H35ClO4. The van der Waals surface area contributed by atoms with Crippen molar-refractivity contribution in [1.82, 2.24) is 0 Å². The van der Waals surface area contributed by atoms with Crippen LogP contribution >= 0.6 is 11.6 Å². The number of aliphatic hydroxyl groups is 2. The number of aliphatic hydroxyl groups excluding tert-OH is 2. The molecule has 1 aliphatic rings. The van der Waals surface area contributed by atoms with Crippen LogP contribution in [-0.4, -0.2) is 32.8 Å². The summed E-state index contributed by atoms with van der Waals surface area (Å²) in [6, 6.07) is 7.98. The van der Waals surface area contributed by atoms with Crippen LogP contribution < -0.4 is 0 Å². The third-order valence-corrected chi connectivity index (χ3v) is 6.43. The summed E-state index contributed by atoms with van der Waals surface area (Å²) in [6.45, 7) is 2.15. The average Bonchev–Trinajstić information content (AvgIpc) is 2.97. The van der Waals surface area contributed by atoms with Gasteiger partial charge < -0.3 is 15.3 Å². The van der Waals surface area contributed by atoms with Crippen molar-refractivity contribution in [3.63, 3.8) is 0 Å². The summed E-state index contributed by atoms with van der Waals surface area (Å²) >= 11 is 6.54. The van der Waals surface area contributed by atoms with E-state index < -0.39 is 18.2 Å². The monoisotopic (exact) mass is 422 g/mol. The Hall–Kier alpha value is -1.36. The van der Waals surface area contributed by atoms with Crippen LogP contribution in [-0.2, 0) is 4.79 Å². The van der Waals surface area contributed by atoms with Crippen molar-refractivity contribution in [2.24, 2.45) is 5.92 Å². The third-order valence-electron chi connectivity index (χ3n) is 5.93. The number of alkyl halides is 1. The maximum atomic E-state index is 10.6. The second-order valence-electron chi connectivity index (χ2n) is 8.18. The number of halogens is 1. The van der Waals surface area contributed by atoms with E-state index in [-0.39, 0.29) is 23.6 Å². The fourth-order valence-electron chi connectivity index (χ4n) is 4.26. The number of benzene rings is 1. The number of carbonyl (C=O) groups is 1. The molecule has 3 N–H and O–H groups in total. The van der Waals surface area contributed by atoms with Gasteiger partial charge in [-0.25, -0.2) is 0 Å². The van der Waals surface area contributed by atoms with Crippen LogP contribution in [0.4, 0.5) is 0 Å². The second-order valence-corrected chi connectivity index (χ2v) is 8.74. The lowest BCUT2D eigenvalue weighted by atomic mass is 9.84. The van der Waals surface area contributed by atoms with Gasteiger partial charge in [0.2, 0.25) is 0 Å². The summed E-state index contributed by atoms with van der Waals surface area (Å²) in [5.41, 5.74) is 1.99. The van der Waals surface area contributed by atoms with Crippen LogP contribution in [0.25, 0.3) is 0 Å². The van der Waals surface area contributed by atoms with Gasteiger partial charge in [-0.1, -0.05) is 62.6 Å². The molecular weight excluding hydrogens is 388 g/mol. The number of allylic oxidation sites excluding steroid dienone is 2. The first kappa shape index (κ1) is 23.9. The third kappa shape index (κ3) is 7.44. The summed E-state index contributed by atoms with van der Waals surface area (Å²) in [4.78, 5) is 10.6. The molecule has 1 unspecified atom stereocenters. The molecule has 0 heterocycles. The highest BCUT2D eigenvalue weighted by Crippen LogP contribution is 2.45. The molecule has 0 saturated heterocycles. The SMILES string of the molecule is CCCCCC(O)c1ccc([C@@H]2[C@@H](C/C=C\CCCC(=O)O)[C@@H](Cl)C[C@H]2O)cc1. The van der Waals surface area contributed by atoms with Gasteiger partial charge in [-0.15, -0.1) is 11.6 Å². The zero-order chi connectivity index (χ0) is 21.2. The van der Waals surface area contributed by atoms with Gasteiger partial charge in [0.25, 0.3) is 0 Å². The molecule has 0 aliphatic heterocycles. The molecule has 0 spiro atoms. The van der Waals surface area contributed by atoms with Crippen molar-refractivity contribution >= 4 is 17.6 Å². The van der Waals surface area contributed by atoms with Gasteiger partial charge in [0.05, 0.1) is 12.2 Å². The minimum absolute atomic E-state index is 0.0209. The molecule has 0 radical (unpaired) electrons. The summed E-state index contributed by atoms with van der Waals surface area (Å²) < 4.78 is 0. The number of carboxylic acids is 1. The largest absolute Gasteiger partial charge is 0.481 e. The van der Waals surface area contributed by atoms with E-state index in [1.165, 1.54) is 0 Å². The lowest BCUT2D eigenvalue weighted by molar-refractivity contribution is -0.137. The molecule has 1 aromatic carbocycles. The average molecular weight is 423 g/mol. The van der Waals surface area contributed by atoms with Crippen molar-refractivity contribution in [3.8, 4) is 0 Å². The smallest absolute Gasteiger partial charge is 0.303 e.